The van der Waals surface area contributed by atoms with Crippen LogP contribution in [0.25, 0.3) is 11.0 Å². The van der Waals surface area contributed by atoms with Gasteiger partial charge in [0.2, 0.25) is 5.82 Å². The number of hydrogen-bond acceptors (Lipinski definition) is 2. The maximum absolute atomic E-state index is 13.1. The molecule has 1 atom stereocenters. The Labute approximate surface area is 108 Å². The molecular weight excluding hydrogens is 255 g/mol. The van der Waals surface area contributed by atoms with Crippen LogP contribution in [0.1, 0.15) is 32.1 Å². The summed E-state index contributed by atoms with van der Waals surface area (Å²) in [6, 6.07) is 4.55. The third-order valence-corrected chi connectivity index (χ3v) is 3.74. The van der Waals surface area contributed by atoms with Crippen LogP contribution in [0.15, 0.2) is 18.2 Å². The third kappa shape index (κ3) is 1.86. The van der Waals surface area contributed by atoms with E-state index in [9.17, 15) is 13.2 Å². The third-order valence-electron chi connectivity index (χ3n) is 3.74. The SMILES string of the molecule is CC1(C)CC1n1c(C(F)(F)F)nc2cc(N)ccc21. The number of halogens is 3. The van der Waals surface area contributed by atoms with E-state index in [0.29, 0.717) is 16.7 Å². The van der Waals surface area contributed by atoms with Crippen molar-refractivity contribution in [1.29, 1.82) is 0 Å². The number of nitrogen functional groups attached to an aromatic ring is 1. The number of hydrogen-bond donors (Lipinski definition) is 1. The Kier molecular flexibility index (Phi) is 2.23. The van der Waals surface area contributed by atoms with Crippen LogP contribution in [0.3, 0.4) is 0 Å². The number of imidazole rings is 1. The highest BCUT2D eigenvalue weighted by Gasteiger charge is 2.51. The van der Waals surface area contributed by atoms with Gasteiger partial charge in [0.15, 0.2) is 0 Å². The fourth-order valence-corrected chi connectivity index (χ4v) is 2.51. The molecule has 2 aromatic rings. The molecule has 1 unspecified atom stereocenters. The molecule has 6 heteroatoms. The van der Waals surface area contributed by atoms with E-state index >= 15 is 0 Å². The summed E-state index contributed by atoms with van der Waals surface area (Å²) in [5, 5.41) is 0. The minimum atomic E-state index is -4.45. The van der Waals surface area contributed by atoms with Gasteiger partial charge >= 0.3 is 6.18 Å². The molecule has 19 heavy (non-hydrogen) atoms. The number of rotatable bonds is 1. The summed E-state index contributed by atoms with van der Waals surface area (Å²) in [6.45, 7) is 3.92. The largest absolute Gasteiger partial charge is 0.449 e. The fraction of sp³-hybridized carbons (Fsp3) is 0.462. The van der Waals surface area contributed by atoms with Crippen LogP contribution in [0.5, 0.6) is 0 Å². The second kappa shape index (κ2) is 3.43. The van der Waals surface area contributed by atoms with Gasteiger partial charge in [0.05, 0.1) is 11.0 Å². The van der Waals surface area contributed by atoms with Crippen molar-refractivity contribution >= 4 is 16.7 Å². The van der Waals surface area contributed by atoms with E-state index in [1.54, 1.807) is 12.1 Å². The molecule has 2 N–H and O–H groups in total. The highest BCUT2D eigenvalue weighted by Crippen LogP contribution is 2.57. The van der Waals surface area contributed by atoms with Gasteiger partial charge in [0, 0.05) is 11.7 Å². The van der Waals surface area contributed by atoms with Crippen molar-refractivity contribution in [2.75, 3.05) is 5.73 Å². The number of nitrogens with zero attached hydrogens (tertiary/aromatic N) is 2. The van der Waals surface area contributed by atoms with Crippen LogP contribution in [-0.2, 0) is 6.18 Å². The second-order valence-corrected chi connectivity index (χ2v) is 5.76. The Morgan fingerprint density at radius 1 is 1.37 bits per heavy atom. The molecule has 1 aromatic heterocycles. The first kappa shape index (κ1) is 12.3. The number of aromatic nitrogens is 2. The van der Waals surface area contributed by atoms with E-state index in [-0.39, 0.29) is 11.5 Å². The van der Waals surface area contributed by atoms with Gasteiger partial charge in [-0.15, -0.1) is 0 Å². The van der Waals surface area contributed by atoms with E-state index in [0.717, 1.165) is 6.42 Å². The van der Waals surface area contributed by atoms with Crippen molar-refractivity contribution < 1.29 is 13.2 Å². The minimum Gasteiger partial charge on any atom is -0.399 e. The lowest BCUT2D eigenvalue weighted by Crippen LogP contribution is -2.15. The van der Waals surface area contributed by atoms with Gasteiger partial charge in [-0.1, -0.05) is 13.8 Å². The zero-order valence-corrected chi connectivity index (χ0v) is 10.6. The topological polar surface area (TPSA) is 43.8 Å². The number of alkyl halides is 3. The highest BCUT2D eigenvalue weighted by atomic mass is 19.4. The van der Waals surface area contributed by atoms with Crippen molar-refractivity contribution in [1.82, 2.24) is 9.55 Å². The Bertz CT molecular complexity index is 655. The molecule has 1 aliphatic carbocycles. The van der Waals surface area contributed by atoms with E-state index in [1.807, 2.05) is 13.8 Å². The van der Waals surface area contributed by atoms with E-state index in [1.165, 1.54) is 10.6 Å². The normalized spacial score (nSPS) is 21.8. The zero-order valence-electron chi connectivity index (χ0n) is 10.6. The lowest BCUT2D eigenvalue weighted by molar-refractivity contribution is -0.147. The van der Waals surface area contributed by atoms with Gasteiger partial charge in [-0.2, -0.15) is 13.2 Å². The van der Waals surface area contributed by atoms with Crippen LogP contribution in [0.4, 0.5) is 18.9 Å². The van der Waals surface area contributed by atoms with Crippen molar-refractivity contribution in [2.24, 2.45) is 5.41 Å². The first-order chi connectivity index (χ1) is 8.70. The van der Waals surface area contributed by atoms with Gasteiger partial charge in [0.1, 0.15) is 0 Å². The number of benzene rings is 1. The standard InChI is InChI=1S/C13H14F3N3/c1-12(2)6-10(12)19-9-4-3-7(17)5-8(9)18-11(19)13(14,15)16/h3-5,10H,6,17H2,1-2H3. The molecule has 3 rings (SSSR count). The van der Waals surface area contributed by atoms with Crippen LogP contribution in [-0.4, -0.2) is 9.55 Å². The molecule has 1 saturated carbocycles. The summed E-state index contributed by atoms with van der Waals surface area (Å²) in [5.74, 6) is -0.830. The van der Waals surface area contributed by atoms with Crippen molar-refractivity contribution in [2.45, 2.75) is 32.5 Å². The maximum Gasteiger partial charge on any atom is 0.449 e. The monoisotopic (exact) mass is 269 g/mol. The van der Waals surface area contributed by atoms with E-state index < -0.39 is 12.0 Å². The predicted octanol–water partition coefficient (Wildman–Crippen LogP) is 3.61. The molecule has 102 valence electrons. The molecular formula is C13H14F3N3. The number of nitrogens with two attached hydrogens (primary N) is 1. The molecule has 0 saturated heterocycles. The van der Waals surface area contributed by atoms with Crippen molar-refractivity contribution in [3.63, 3.8) is 0 Å². The zero-order chi connectivity index (χ0) is 14.0. The van der Waals surface area contributed by atoms with E-state index in [4.69, 9.17) is 5.73 Å². The van der Waals surface area contributed by atoms with Gasteiger partial charge in [-0.05, 0) is 30.0 Å². The first-order valence-corrected chi connectivity index (χ1v) is 6.05. The quantitative estimate of drug-likeness (QED) is 0.804. The lowest BCUT2D eigenvalue weighted by atomic mass is 10.2. The van der Waals surface area contributed by atoms with Gasteiger partial charge in [0.25, 0.3) is 0 Å². The molecule has 0 spiro atoms. The Morgan fingerprint density at radius 3 is 2.53 bits per heavy atom. The average Bonchev–Trinajstić information content (AvgIpc) is 2.73. The molecule has 1 aromatic carbocycles. The van der Waals surface area contributed by atoms with Crippen LogP contribution >= 0.6 is 0 Å². The minimum absolute atomic E-state index is 0.116. The molecule has 3 nitrogen and oxygen atoms in total. The van der Waals surface area contributed by atoms with Gasteiger partial charge in [-0.3, -0.25) is 0 Å². The fourth-order valence-electron chi connectivity index (χ4n) is 2.51. The Balaban J connectivity index is 2.27. The smallest absolute Gasteiger partial charge is 0.399 e. The van der Waals surface area contributed by atoms with Crippen LogP contribution < -0.4 is 5.73 Å². The summed E-state index contributed by atoms with van der Waals surface area (Å²) in [7, 11) is 0. The van der Waals surface area contributed by atoms with E-state index in [2.05, 4.69) is 4.98 Å². The highest BCUT2D eigenvalue weighted by molar-refractivity contribution is 5.80. The number of anilines is 1. The summed E-state index contributed by atoms with van der Waals surface area (Å²) in [4.78, 5) is 3.73. The van der Waals surface area contributed by atoms with Crippen molar-refractivity contribution in [3.05, 3.63) is 24.0 Å². The summed E-state index contributed by atoms with van der Waals surface area (Å²) in [6.07, 6.45) is -3.72. The van der Waals surface area contributed by atoms with Crippen molar-refractivity contribution in [3.8, 4) is 0 Å². The summed E-state index contributed by atoms with van der Waals surface area (Å²) >= 11 is 0. The van der Waals surface area contributed by atoms with Crippen LogP contribution in [0, 0.1) is 5.41 Å². The van der Waals surface area contributed by atoms with Gasteiger partial charge < -0.3 is 10.3 Å². The Morgan fingerprint density at radius 2 is 2.00 bits per heavy atom. The molecule has 1 heterocycles. The Hall–Kier alpha value is -1.72. The van der Waals surface area contributed by atoms with Crippen LogP contribution in [0.2, 0.25) is 0 Å². The molecule has 0 aliphatic heterocycles. The first-order valence-electron chi connectivity index (χ1n) is 6.05. The average molecular weight is 269 g/mol. The predicted molar refractivity (Wildman–Crippen MR) is 66.6 cm³/mol. The van der Waals surface area contributed by atoms with Gasteiger partial charge in [-0.25, -0.2) is 4.98 Å². The molecule has 1 fully saturated rings. The summed E-state index contributed by atoms with van der Waals surface area (Å²) < 4.78 is 40.7. The molecule has 0 amide bonds. The number of fused-ring (bicyclic) bond motifs is 1. The summed E-state index contributed by atoms with van der Waals surface area (Å²) in [5.41, 5.74) is 6.71. The second-order valence-electron chi connectivity index (χ2n) is 5.76. The molecule has 0 bridgehead atoms. The molecule has 0 radical (unpaired) electrons. The maximum atomic E-state index is 13.1. The molecule has 1 aliphatic rings. The lowest BCUT2D eigenvalue weighted by Gasteiger charge is -2.12.